The molecule has 0 aliphatic carbocycles. The minimum atomic E-state index is -4.33. The summed E-state index contributed by atoms with van der Waals surface area (Å²) >= 11 is 0. The topological polar surface area (TPSA) is 20.2 Å². The fourth-order valence-electron chi connectivity index (χ4n) is 0.786. The Morgan fingerprint density at radius 2 is 1.67 bits per heavy atom. The smallest absolute Gasteiger partial charge is 0.335 e. The quantitative estimate of drug-likeness (QED) is 0.672. The summed E-state index contributed by atoms with van der Waals surface area (Å²) in [6, 6.07) is 0. The van der Waals surface area contributed by atoms with E-state index in [2.05, 4.69) is 0 Å². The van der Waals surface area contributed by atoms with Crippen LogP contribution in [0.5, 0.6) is 0 Å². The minimum absolute atomic E-state index is 0.0463. The molecule has 1 N–H and O–H groups in total. The molecule has 0 aliphatic heterocycles. The Balaban J connectivity index is 4.50. The summed E-state index contributed by atoms with van der Waals surface area (Å²) in [6.07, 6.45) is -3.28. The molecule has 0 saturated heterocycles. The number of halogens is 4. The highest BCUT2D eigenvalue weighted by Gasteiger charge is 2.58. The zero-order valence-corrected chi connectivity index (χ0v) is 6.95. The van der Waals surface area contributed by atoms with E-state index in [4.69, 9.17) is 5.11 Å². The molecule has 0 rings (SSSR count). The van der Waals surface area contributed by atoms with Crippen LogP contribution in [-0.2, 0) is 0 Å². The van der Waals surface area contributed by atoms with Crippen LogP contribution in [0.1, 0.15) is 26.7 Å². The molecule has 0 aliphatic rings. The third-order valence-electron chi connectivity index (χ3n) is 1.58. The number of aliphatic hydroxyl groups is 1. The molecule has 0 aromatic carbocycles. The van der Waals surface area contributed by atoms with Crippen LogP contribution in [0.2, 0.25) is 0 Å². The molecule has 0 fully saturated rings. The molecule has 1 atom stereocenters. The van der Waals surface area contributed by atoms with Crippen LogP contribution in [0.4, 0.5) is 17.6 Å². The Hall–Kier alpha value is -0.320. The van der Waals surface area contributed by atoms with Crippen molar-refractivity contribution in [2.24, 2.45) is 0 Å². The Labute approximate surface area is 68.4 Å². The monoisotopic (exact) mass is 188 g/mol. The predicted molar refractivity (Wildman–Crippen MR) is 36.5 cm³/mol. The van der Waals surface area contributed by atoms with Crippen molar-refractivity contribution in [3.05, 3.63) is 0 Å². The molecular formula is C7H12F4O. The predicted octanol–water partition coefficient (Wildman–Crippen LogP) is 2.44. The highest BCUT2D eigenvalue weighted by molar-refractivity contribution is 4.88. The van der Waals surface area contributed by atoms with E-state index >= 15 is 0 Å². The van der Waals surface area contributed by atoms with Gasteiger partial charge in [0.25, 0.3) is 0 Å². The molecule has 0 aromatic rings. The van der Waals surface area contributed by atoms with Gasteiger partial charge in [-0.3, -0.25) is 0 Å². The molecule has 1 nitrogen and oxygen atoms in total. The molecule has 0 heterocycles. The van der Waals surface area contributed by atoms with Crippen LogP contribution < -0.4 is 0 Å². The Bertz CT molecular complexity index is 144. The summed E-state index contributed by atoms with van der Waals surface area (Å²) in [7, 11) is 0. The van der Waals surface area contributed by atoms with Gasteiger partial charge in [0.15, 0.2) is 0 Å². The number of alkyl halides is 4. The molecule has 0 aromatic heterocycles. The Morgan fingerprint density at radius 3 is 1.92 bits per heavy atom. The third-order valence-corrected chi connectivity index (χ3v) is 1.58. The highest BCUT2D eigenvalue weighted by Crippen LogP contribution is 2.39. The zero-order chi connectivity index (χ0) is 9.99. The Morgan fingerprint density at radius 1 is 1.25 bits per heavy atom. The molecule has 12 heavy (non-hydrogen) atoms. The molecule has 0 spiro atoms. The second-order valence-electron chi connectivity index (χ2n) is 2.75. The van der Waals surface area contributed by atoms with Crippen molar-refractivity contribution >= 4 is 0 Å². The van der Waals surface area contributed by atoms with Crippen molar-refractivity contribution in [1.29, 1.82) is 0 Å². The first-order valence-electron chi connectivity index (χ1n) is 3.69. The second-order valence-corrected chi connectivity index (χ2v) is 2.75. The van der Waals surface area contributed by atoms with E-state index in [9.17, 15) is 17.6 Å². The lowest BCUT2D eigenvalue weighted by Crippen LogP contribution is -2.48. The lowest BCUT2D eigenvalue weighted by molar-refractivity contribution is -0.251. The molecule has 0 radical (unpaired) electrons. The van der Waals surface area contributed by atoms with Gasteiger partial charge in [-0.15, -0.1) is 0 Å². The SMILES string of the molecule is CCCC(F)(F)C(F)(F)C(C)O. The molecule has 1 unspecified atom stereocenters. The van der Waals surface area contributed by atoms with Gasteiger partial charge >= 0.3 is 11.8 Å². The minimum Gasteiger partial charge on any atom is -0.387 e. The maximum Gasteiger partial charge on any atom is 0.335 e. The molecule has 0 bridgehead atoms. The van der Waals surface area contributed by atoms with Gasteiger partial charge in [0, 0.05) is 6.42 Å². The van der Waals surface area contributed by atoms with Gasteiger partial charge in [-0.05, 0) is 6.92 Å². The summed E-state index contributed by atoms with van der Waals surface area (Å²) in [6.45, 7) is 2.04. The molecule has 0 saturated carbocycles. The molecular weight excluding hydrogens is 176 g/mol. The Kier molecular flexibility index (Phi) is 3.50. The van der Waals surface area contributed by atoms with E-state index < -0.39 is 24.4 Å². The van der Waals surface area contributed by atoms with Gasteiger partial charge in [0.05, 0.1) is 0 Å². The van der Waals surface area contributed by atoms with Crippen molar-refractivity contribution in [2.45, 2.75) is 44.6 Å². The number of aliphatic hydroxyl groups excluding tert-OH is 1. The summed E-state index contributed by atoms with van der Waals surface area (Å²) in [5, 5.41) is 8.41. The van der Waals surface area contributed by atoms with Gasteiger partial charge in [-0.1, -0.05) is 13.3 Å². The summed E-state index contributed by atoms with van der Waals surface area (Å²) in [5.74, 6) is -8.45. The van der Waals surface area contributed by atoms with Crippen molar-refractivity contribution < 1.29 is 22.7 Å². The fourth-order valence-corrected chi connectivity index (χ4v) is 0.786. The summed E-state index contributed by atoms with van der Waals surface area (Å²) in [4.78, 5) is 0. The summed E-state index contributed by atoms with van der Waals surface area (Å²) < 4.78 is 50.1. The maximum atomic E-state index is 12.5. The van der Waals surface area contributed by atoms with Crippen LogP contribution in [0.3, 0.4) is 0 Å². The fraction of sp³-hybridized carbons (Fsp3) is 1.00. The van der Waals surface area contributed by atoms with E-state index in [1.807, 2.05) is 0 Å². The van der Waals surface area contributed by atoms with Gasteiger partial charge in [-0.2, -0.15) is 17.6 Å². The molecule has 5 heteroatoms. The van der Waals surface area contributed by atoms with E-state index in [1.165, 1.54) is 6.92 Å². The highest BCUT2D eigenvalue weighted by atomic mass is 19.3. The average molecular weight is 188 g/mol. The number of rotatable bonds is 4. The van der Waals surface area contributed by atoms with Gasteiger partial charge in [0.2, 0.25) is 0 Å². The molecule has 0 amide bonds. The first-order chi connectivity index (χ1) is 5.25. The summed E-state index contributed by atoms with van der Waals surface area (Å²) in [5.41, 5.74) is 0. The first kappa shape index (κ1) is 11.7. The van der Waals surface area contributed by atoms with E-state index in [0.29, 0.717) is 6.92 Å². The first-order valence-corrected chi connectivity index (χ1v) is 3.69. The average Bonchev–Trinajstić information content (AvgIpc) is 1.86. The van der Waals surface area contributed by atoms with E-state index in [0.717, 1.165) is 0 Å². The van der Waals surface area contributed by atoms with Crippen molar-refractivity contribution in [1.82, 2.24) is 0 Å². The van der Waals surface area contributed by atoms with Gasteiger partial charge in [-0.25, -0.2) is 0 Å². The third kappa shape index (κ3) is 2.09. The standard InChI is InChI=1S/C7H12F4O/c1-3-4-6(8,9)7(10,11)5(2)12/h5,12H,3-4H2,1-2H3. The largest absolute Gasteiger partial charge is 0.387 e. The van der Waals surface area contributed by atoms with Crippen LogP contribution in [0.15, 0.2) is 0 Å². The van der Waals surface area contributed by atoms with Crippen molar-refractivity contribution in [3.63, 3.8) is 0 Å². The zero-order valence-electron chi connectivity index (χ0n) is 6.95. The lowest BCUT2D eigenvalue weighted by Gasteiger charge is -2.28. The molecule has 74 valence electrons. The van der Waals surface area contributed by atoms with Crippen molar-refractivity contribution in [2.75, 3.05) is 0 Å². The van der Waals surface area contributed by atoms with Crippen molar-refractivity contribution in [3.8, 4) is 0 Å². The van der Waals surface area contributed by atoms with Crippen LogP contribution in [0, 0.1) is 0 Å². The number of hydrogen-bond donors (Lipinski definition) is 1. The van der Waals surface area contributed by atoms with E-state index in [-0.39, 0.29) is 6.42 Å². The maximum absolute atomic E-state index is 12.5. The van der Waals surface area contributed by atoms with Crippen LogP contribution in [0.25, 0.3) is 0 Å². The van der Waals surface area contributed by atoms with Crippen LogP contribution >= 0.6 is 0 Å². The normalized spacial score (nSPS) is 16.2. The van der Waals surface area contributed by atoms with E-state index in [1.54, 1.807) is 0 Å². The number of hydrogen-bond acceptors (Lipinski definition) is 1. The second kappa shape index (κ2) is 3.60. The lowest BCUT2D eigenvalue weighted by atomic mass is 10.0. The van der Waals surface area contributed by atoms with Crippen LogP contribution in [-0.4, -0.2) is 23.1 Å². The van der Waals surface area contributed by atoms with Gasteiger partial charge < -0.3 is 5.11 Å². The van der Waals surface area contributed by atoms with Gasteiger partial charge in [0.1, 0.15) is 6.10 Å².